The summed E-state index contributed by atoms with van der Waals surface area (Å²) in [6.45, 7) is 0. The summed E-state index contributed by atoms with van der Waals surface area (Å²) in [6, 6.07) is 13.5. The summed E-state index contributed by atoms with van der Waals surface area (Å²) in [7, 11) is 1.57. The van der Waals surface area contributed by atoms with E-state index in [9.17, 15) is 9.59 Å². The van der Waals surface area contributed by atoms with Gasteiger partial charge in [-0.2, -0.15) is 5.26 Å². The van der Waals surface area contributed by atoms with E-state index in [1.165, 1.54) is 4.57 Å². The highest BCUT2D eigenvalue weighted by atomic mass is 16.4. The molecule has 1 heterocycles. The van der Waals surface area contributed by atoms with Crippen molar-refractivity contribution in [1.82, 2.24) is 4.57 Å². The van der Waals surface area contributed by atoms with Crippen LogP contribution in [-0.2, 0) is 7.05 Å². The van der Waals surface area contributed by atoms with E-state index in [4.69, 9.17) is 9.68 Å². The molecule has 108 valence electrons. The fourth-order valence-corrected chi connectivity index (χ4v) is 2.15. The van der Waals surface area contributed by atoms with Crippen LogP contribution in [0.4, 0.5) is 5.69 Å². The Hall–Kier alpha value is -3.33. The highest BCUT2D eigenvalue weighted by Crippen LogP contribution is 2.18. The Labute approximate surface area is 125 Å². The monoisotopic (exact) mass is 293 g/mol. The molecule has 6 nitrogen and oxygen atoms in total. The lowest BCUT2D eigenvalue weighted by Crippen LogP contribution is -2.13. The number of oxazole rings is 1. The van der Waals surface area contributed by atoms with Crippen molar-refractivity contribution >= 4 is 22.7 Å². The minimum Gasteiger partial charge on any atom is -0.408 e. The number of hydrogen-bond acceptors (Lipinski definition) is 4. The molecule has 1 aromatic heterocycles. The lowest BCUT2D eigenvalue weighted by atomic mass is 10.1. The molecule has 3 aromatic rings. The second kappa shape index (κ2) is 5.22. The van der Waals surface area contributed by atoms with Gasteiger partial charge in [0.25, 0.3) is 5.91 Å². The summed E-state index contributed by atoms with van der Waals surface area (Å²) >= 11 is 0. The average molecular weight is 293 g/mol. The fraction of sp³-hybridized carbons (Fsp3) is 0.0625. The van der Waals surface area contributed by atoms with Crippen LogP contribution in [0, 0.1) is 11.3 Å². The number of aryl methyl sites for hydroxylation is 1. The molecule has 0 atom stereocenters. The number of amides is 1. The lowest BCUT2D eigenvalue weighted by Gasteiger charge is -2.06. The smallest absolute Gasteiger partial charge is 0.408 e. The topological polar surface area (TPSA) is 88.0 Å². The van der Waals surface area contributed by atoms with Gasteiger partial charge in [-0.3, -0.25) is 9.36 Å². The number of anilines is 1. The maximum atomic E-state index is 12.3. The minimum absolute atomic E-state index is 0.363. The quantitative estimate of drug-likeness (QED) is 0.785. The minimum atomic E-state index is -0.484. The van der Waals surface area contributed by atoms with Crippen LogP contribution in [0.3, 0.4) is 0 Å². The molecule has 1 amide bonds. The van der Waals surface area contributed by atoms with E-state index in [2.05, 4.69) is 5.32 Å². The molecule has 0 saturated carbocycles. The number of rotatable bonds is 2. The summed E-state index contributed by atoms with van der Waals surface area (Å²) < 4.78 is 6.35. The number of nitriles is 1. The number of fused-ring (bicyclic) bond motifs is 1. The van der Waals surface area contributed by atoms with E-state index in [1.54, 1.807) is 49.5 Å². The Morgan fingerprint density at radius 3 is 2.82 bits per heavy atom. The zero-order valence-corrected chi connectivity index (χ0v) is 11.7. The number of hydrogen-bond donors (Lipinski definition) is 1. The van der Waals surface area contributed by atoms with Crippen LogP contribution < -0.4 is 11.1 Å². The average Bonchev–Trinajstić information content (AvgIpc) is 2.82. The van der Waals surface area contributed by atoms with Gasteiger partial charge in [0.1, 0.15) is 6.07 Å². The molecule has 3 rings (SSSR count). The zero-order chi connectivity index (χ0) is 15.7. The van der Waals surface area contributed by atoms with Gasteiger partial charge in [-0.05, 0) is 30.3 Å². The zero-order valence-electron chi connectivity index (χ0n) is 11.7. The van der Waals surface area contributed by atoms with Crippen LogP contribution in [0.25, 0.3) is 11.1 Å². The number of carbonyl (C=O) groups excluding carboxylic acids is 1. The van der Waals surface area contributed by atoms with E-state index in [-0.39, 0.29) is 5.91 Å². The van der Waals surface area contributed by atoms with E-state index in [1.807, 2.05) is 6.07 Å². The third-order valence-electron chi connectivity index (χ3n) is 3.35. The number of aromatic nitrogens is 1. The lowest BCUT2D eigenvalue weighted by molar-refractivity contribution is 0.102. The highest BCUT2D eigenvalue weighted by molar-refractivity contribution is 6.06. The molecular formula is C16H11N3O3. The summed E-state index contributed by atoms with van der Waals surface area (Å²) in [5.41, 5.74) is 2.15. The molecule has 0 radical (unpaired) electrons. The molecule has 0 saturated heterocycles. The van der Waals surface area contributed by atoms with Gasteiger partial charge in [0.2, 0.25) is 0 Å². The van der Waals surface area contributed by atoms with Gasteiger partial charge in [-0.25, -0.2) is 4.79 Å². The second-order valence-electron chi connectivity index (χ2n) is 4.72. The Morgan fingerprint density at radius 2 is 2.05 bits per heavy atom. The van der Waals surface area contributed by atoms with Crippen molar-refractivity contribution in [3.63, 3.8) is 0 Å². The maximum absolute atomic E-state index is 12.3. The Kier molecular flexibility index (Phi) is 3.24. The summed E-state index contributed by atoms with van der Waals surface area (Å²) in [5.74, 6) is -0.847. The van der Waals surface area contributed by atoms with Crippen LogP contribution in [0.1, 0.15) is 15.9 Å². The normalized spacial score (nSPS) is 10.4. The van der Waals surface area contributed by atoms with Gasteiger partial charge in [0, 0.05) is 12.6 Å². The molecule has 6 heteroatoms. The van der Waals surface area contributed by atoms with Crippen LogP contribution in [0.5, 0.6) is 0 Å². The predicted octanol–water partition coefficient (Wildman–Crippen LogP) is 2.26. The maximum Gasteiger partial charge on any atom is 0.419 e. The number of para-hydroxylation sites is 1. The molecule has 0 unspecified atom stereocenters. The van der Waals surface area contributed by atoms with E-state index >= 15 is 0 Å². The van der Waals surface area contributed by atoms with E-state index in [0.29, 0.717) is 27.9 Å². The van der Waals surface area contributed by atoms with Crippen molar-refractivity contribution < 1.29 is 9.21 Å². The molecular weight excluding hydrogens is 282 g/mol. The first-order valence-electron chi connectivity index (χ1n) is 6.50. The summed E-state index contributed by atoms with van der Waals surface area (Å²) in [6.07, 6.45) is 0. The number of benzene rings is 2. The largest absolute Gasteiger partial charge is 0.419 e. The summed E-state index contributed by atoms with van der Waals surface area (Å²) in [5, 5.41) is 11.7. The van der Waals surface area contributed by atoms with Gasteiger partial charge < -0.3 is 9.73 Å². The van der Waals surface area contributed by atoms with Crippen LogP contribution in [0.15, 0.2) is 51.7 Å². The van der Waals surface area contributed by atoms with Crippen molar-refractivity contribution in [1.29, 1.82) is 5.26 Å². The van der Waals surface area contributed by atoms with Crippen molar-refractivity contribution in [2.24, 2.45) is 7.05 Å². The molecule has 0 aliphatic rings. The molecule has 0 aliphatic carbocycles. The third kappa shape index (κ3) is 2.25. The molecule has 2 aromatic carbocycles. The molecule has 0 aliphatic heterocycles. The number of nitrogens with one attached hydrogen (secondary N) is 1. The van der Waals surface area contributed by atoms with Gasteiger partial charge in [0.15, 0.2) is 5.58 Å². The SMILES string of the molecule is Cn1c(=O)oc2ccc(C(=O)Nc3ccccc3C#N)cc21. The van der Waals surface area contributed by atoms with Crippen LogP contribution >= 0.6 is 0 Å². The van der Waals surface area contributed by atoms with Crippen molar-refractivity contribution in [2.75, 3.05) is 5.32 Å². The van der Waals surface area contributed by atoms with Gasteiger partial charge >= 0.3 is 5.76 Å². The van der Waals surface area contributed by atoms with Crippen molar-refractivity contribution in [3.05, 3.63) is 64.1 Å². The van der Waals surface area contributed by atoms with Gasteiger partial charge in [-0.15, -0.1) is 0 Å². The first-order valence-corrected chi connectivity index (χ1v) is 6.50. The Morgan fingerprint density at radius 1 is 1.27 bits per heavy atom. The first-order chi connectivity index (χ1) is 10.6. The van der Waals surface area contributed by atoms with Crippen molar-refractivity contribution in [2.45, 2.75) is 0 Å². The first kappa shape index (κ1) is 13.6. The number of carbonyl (C=O) groups is 1. The van der Waals surface area contributed by atoms with Crippen LogP contribution in [-0.4, -0.2) is 10.5 Å². The molecule has 1 N–H and O–H groups in total. The highest BCUT2D eigenvalue weighted by Gasteiger charge is 2.12. The standard InChI is InChI=1S/C16H11N3O3/c1-19-13-8-10(6-7-14(13)22-16(19)21)15(20)18-12-5-3-2-4-11(12)9-17/h2-8H,1H3,(H,18,20). The fourth-order valence-electron chi connectivity index (χ4n) is 2.15. The molecule has 0 spiro atoms. The number of nitrogens with zero attached hydrogens (tertiary/aromatic N) is 2. The molecule has 22 heavy (non-hydrogen) atoms. The van der Waals surface area contributed by atoms with E-state index < -0.39 is 5.76 Å². The van der Waals surface area contributed by atoms with Gasteiger partial charge in [-0.1, -0.05) is 12.1 Å². The van der Waals surface area contributed by atoms with Gasteiger partial charge in [0.05, 0.1) is 16.8 Å². The molecule has 0 fully saturated rings. The molecule has 0 bridgehead atoms. The summed E-state index contributed by atoms with van der Waals surface area (Å²) in [4.78, 5) is 23.8. The third-order valence-corrected chi connectivity index (χ3v) is 3.35. The van der Waals surface area contributed by atoms with Crippen LogP contribution in [0.2, 0.25) is 0 Å². The predicted molar refractivity (Wildman–Crippen MR) is 80.6 cm³/mol. The second-order valence-corrected chi connectivity index (χ2v) is 4.72. The van der Waals surface area contributed by atoms with Crippen molar-refractivity contribution in [3.8, 4) is 6.07 Å². The Bertz CT molecular complexity index is 976. The van der Waals surface area contributed by atoms with E-state index in [0.717, 1.165) is 0 Å². The Balaban J connectivity index is 1.97.